The van der Waals surface area contributed by atoms with Gasteiger partial charge in [0.25, 0.3) is 0 Å². The maximum absolute atomic E-state index is 12.3. The molecule has 3 heteroatoms. The van der Waals surface area contributed by atoms with Crippen LogP contribution in [0.5, 0.6) is 0 Å². The molecule has 0 spiro atoms. The Hall–Kier alpha value is -0.830. The Balaban J connectivity index is 1.70. The van der Waals surface area contributed by atoms with Crippen molar-refractivity contribution >= 4 is 17.2 Å². The van der Waals surface area contributed by atoms with E-state index >= 15 is 0 Å². The van der Waals surface area contributed by atoms with Gasteiger partial charge in [-0.15, -0.1) is 11.3 Å². The molecule has 2 aliphatic carbocycles. The molecule has 0 radical (unpaired) electrons. The summed E-state index contributed by atoms with van der Waals surface area (Å²) in [5.74, 6) is 0.404. The predicted molar refractivity (Wildman–Crippen MR) is 70.4 cm³/mol. The molecule has 17 heavy (non-hydrogen) atoms. The fourth-order valence-electron chi connectivity index (χ4n) is 3.13. The summed E-state index contributed by atoms with van der Waals surface area (Å²) in [4.78, 5) is 13.7. The highest BCUT2D eigenvalue weighted by Gasteiger charge is 2.29. The smallest absolute Gasteiger partial charge is 0.227 e. The van der Waals surface area contributed by atoms with Gasteiger partial charge in [-0.2, -0.15) is 0 Å². The van der Waals surface area contributed by atoms with Crippen LogP contribution in [-0.4, -0.2) is 11.9 Å². The third kappa shape index (κ3) is 2.25. The number of fused-ring (bicyclic) bond motifs is 1. The molecule has 1 amide bonds. The van der Waals surface area contributed by atoms with Crippen molar-refractivity contribution in [1.29, 1.82) is 0 Å². The molecule has 3 rings (SSSR count). The molecule has 1 unspecified atom stereocenters. The summed E-state index contributed by atoms with van der Waals surface area (Å²) in [6.07, 6.45) is 8.27. The van der Waals surface area contributed by atoms with Gasteiger partial charge >= 0.3 is 0 Å². The van der Waals surface area contributed by atoms with E-state index in [1.54, 1.807) is 0 Å². The minimum atomic E-state index is 0.130. The minimum Gasteiger partial charge on any atom is -0.353 e. The van der Waals surface area contributed by atoms with Crippen LogP contribution in [0.1, 0.15) is 54.9 Å². The standard InChI is InChI=1S/C14H19NOS/c16-14(15-10-4-1-2-5-10)12-6-3-7-13-11(12)8-9-17-13/h8-10,12H,1-7H2,(H,15,16). The Bertz CT molecular complexity index is 406. The first-order valence-electron chi connectivity index (χ1n) is 6.71. The monoisotopic (exact) mass is 249 g/mol. The van der Waals surface area contributed by atoms with Crippen molar-refractivity contribution in [2.75, 3.05) is 0 Å². The average molecular weight is 249 g/mol. The van der Waals surface area contributed by atoms with E-state index in [2.05, 4.69) is 16.8 Å². The number of thiophene rings is 1. The fraction of sp³-hybridized carbons (Fsp3) is 0.643. The second kappa shape index (κ2) is 4.81. The lowest BCUT2D eigenvalue weighted by atomic mass is 9.87. The lowest BCUT2D eigenvalue weighted by molar-refractivity contribution is -0.123. The highest BCUT2D eigenvalue weighted by atomic mass is 32.1. The van der Waals surface area contributed by atoms with Crippen LogP contribution < -0.4 is 5.32 Å². The van der Waals surface area contributed by atoms with Gasteiger partial charge in [0.15, 0.2) is 0 Å². The summed E-state index contributed by atoms with van der Waals surface area (Å²) in [5, 5.41) is 5.38. The molecule has 1 aromatic heterocycles. The van der Waals surface area contributed by atoms with Gasteiger partial charge in [-0.05, 0) is 49.1 Å². The summed E-state index contributed by atoms with van der Waals surface area (Å²) < 4.78 is 0. The zero-order valence-corrected chi connectivity index (χ0v) is 10.9. The van der Waals surface area contributed by atoms with Gasteiger partial charge in [-0.25, -0.2) is 0 Å². The molecule has 1 fully saturated rings. The Kier molecular flexibility index (Phi) is 3.19. The van der Waals surface area contributed by atoms with Crippen molar-refractivity contribution in [3.63, 3.8) is 0 Å². The molecule has 1 heterocycles. The molecule has 2 aliphatic rings. The third-order valence-corrected chi connectivity index (χ3v) is 5.07. The second-order valence-electron chi connectivity index (χ2n) is 5.23. The molecular formula is C14H19NOS. The van der Waals surface area contributed by atoms with E-state index in [4.69, 9.17) is 0 Å². The molecule has 1 N–H and O–H groups in total. The van der Waals surface area contributed by atoms with Gasteiger partial charge in [-0.1, -0.05) is 12.8 Å². The van der Waals surface area contributed by atoms with Gasteiger partial charge in [0.1, 0.15) is 0 Å². The van der Waals surface area contributed by atoms with Crippen LogP contribution in [0.2, 0.25) is 0 Å². The summed E-state index contributed by atoms with van der Waals surface area (Å²) >= 11 is 1.81. The number of hydrogen-bond donors (Lipinski definition) is 1. The van der Waals surface area contributed by atoms with Gasteiger partial charge in [0.2, 0.25) is 5.91 Å². The van der Waals surface area contributed by atoms with Crippen molar-refractivity contribution in [2.45, 2.75) is 56.9 Å². The molecule has 0 aliphatic heterocycles. The molecule has 92 valence electrons. The van der Waals surface area contributed by atoms with Crippen LogP contribution in [0, 0.1) is 0 Å². The normalized spacial score (nSPS) is 24.6. The molecule has 0 bridgehead atoms. The Morgan fingerprint density at radius 3 is 2.88 bits per heavy atom. The van der Waals surface area contributed by atoms with Gasteiger partial charge < -0.3 is 5.32 Å². The summed E-state index contributed by atoms with van der Waals surface area (Å²) in [6.45, 7) is 0. The van der Waals surface area contributed by atoms with Crippen molar-refractivity contribution in [3.05, 3.63) is 21.9 Å². The highest BCUT2D eigenvalue weighted by Crippen LogP contribution is 2.35. The van der Waals surface area contributed by atoms with Crippen molar-refractivity contribution in [3.8, 4) is 0 Å². The Morgan fingerprint density at radius 2 is 2.06 bits per heavy atom. The van der Waals surface area contributed by atoms with Crippen LogP contribution in [-0.2, 0) is 11.2 Å². The first-order chi connectivity index (χ1) is 8.34. The number of aryl methyl sites for hydroxylation is 1. The molecule has 0 saturated heterocycles. The van der Waals surface area contributed by atoms with Gasteiger partial charge in [-0.3, -0.25) is 4.79 Å². The zero-order valence-electron chi connectivity index (χ0n) is 10.1. The van der Waals surface area contributed by atoms with E-state index in [-0.39, 0.29) is 11.8 Å². The van der Waals surface area contributed by atoms with Crippen molar-refractivity contribution < 1.29 is 4.79 Å². The number of rotatable bonds is 2. The van der Waals surface area contributed by atoms with E-state index in [1.807, 2.05) is 11.3 Å². The summed E-state index contributed by atoms with van der Waals surface area (Å²) in [5.41, 5.74) is 1.30. The maximum atomic E-state index is 12.3. The van der Waals surface area contributed by atoms with Crippen LogP contribution >= 0.6 is 11.3 Å². The van der Waals surface area contributed by atoms with Crippen molar-refractivity contribution in [2.24, 2.45) is 0 Å². The Labute approximate surface area is 106 Å². The molecule has 2 nitrogen and oxygen atoms in total. The highest BCUT2D eigenvalue weighted by molar-refractivity contribution is 7.10. The van der Waals surface area contributed by atoms with Gasteiger partial charge in [0, 0.05) is 10.9 Å². The number of carbonyl (C=O) groups is 1. The molecule has 1 atom stereocenters. The van der Waals surface area contributed by atoms with Crippen LogP contribution in [0.25, 0.3) is 0 Å². The number of nitrogens with one attached hydrogen (secondary N) is 1. The maximum Gasteiger partial charge on any atom is 0.227 e. The SMILES string of the molecule is O=C(NC1CCCC1)C1CCCc2sccc21. The molecule has 0 aromatic carbocycles. The largest absolute Gasteiger partial charge is 0.353 e. The van der Waals surface area contributed by atoms with E-state index in [9.17, 15) is 4.79 Å². The van der Waals surface area contributed by atoms with Crippen LogP contribution in [0.3, 0.4) is 0 Å². The minimum absolute atomic E-state index is 0.130. The van der Waals surface area contributed by atoms with E-state index in [0.717, 1.165) is 12.8 Å². The Morgan fingerprint density at radius 1 is 1.24 bits per heavy atom. The van der Waals surface area contributed by atoms with Crippen LogP contribution in [0.4, 0.5) is 0 Å². The van der Waals surface area contributed by atoms with Crippen molar-refractivity contribution in [1.82, 2.24) is 5.32 Å². The lowest BCUT2D eigenvalue weighted by Crippen LogP contribution is -2.37. The average Bonchev–Trinajstić information content (AvgIpc) is 2.97. The first kappa shape index (κ1) is 11.3. The second-order valence-corrected chi connectivity index (χ2v) is 6.23. The zero-order chi connectivity index (χ0) is 11.7. The first-order valence-corrected chi connectivity index (χ1v) is 7.59. The summed E-state index contributed by atoms with van der Waals surface area (Å²) in [6, 6.07) is 2.60. The number of amides is 1. The topological polar surface area (TPSA) is 29.1 Å². The van der Waals surface area contributed by atoms with Gasteiger partial charge in [0.05, 0.1) is 5.92 Å². The predicted octanol–water partition coefficient (Wildman–Crippen LogP) is 3.23. The molecular weight excluding hydrogens is 230 g/mol. The van der Waals surface area contributed by atoms with E-state index in [0.29, 0.717) is 6.04 Å². The lowest BCUT2D eigenvalue weighted by Gasteiger charge is -2.23. The van der Waals surface area contributed by atoms with E-state index < -0.39 is 0 Å². The third-order valence-electron chi connectivity index (χ3n) is 4.07. The number of carbonyl (C=O) groups excluding carboxylic acids is 1. The van der Waals surface area contributed by atoms with Crippen LogP contribution in [0.15, 0.2) is 11.4 Å². The quantitative estimate of drug-likeness (QED) is 0.856. The number of hydrogen-bond acceptors (Lipinski definition) is 2. The molecule has 1 saturated carbocycles. The summed E-state index contributed by atoms with van der Waals surface area (Å²) in [7, 11) is 0. The van der Waals surface area contributed by atoms with E-state index in [1.165, 1.54) is 42.5 Å². The fourth-order valence-corrected chi connectivity index (χ4v) is 4.12. The molecule has 1 aromatic rings.